The van der Waals surface area contributed by atoms with Gasteiger partial charge in [0.1, 0.15) is 0 Å². The molecule has 0 aliphatic heterocycles. The Bertz CT molecular complexity index is 619. The molecule has 0 bridgehead atoms. The monoisotopic (exact) mass is 278 g/mol. The predicted molar refractivity (Wildman–Crippen MR) is 75.6 cm³/mol. The third-order valence-corrected chi connectivity index (χ3v) is 3.15. The maximum atomic E-state index is 12.0. The average Bonchev–Trinajstić information content (AvgIpc) is 2.80. The van der Waals surface area contributed by atoms with Crippen LogP contribution >= 0.6 is 11.6 Å². The van der Waals surface area contributed by atoms with Crippen LogP contribution < -0.4 is 5.32 Å². The van der Waals surface area contributed by atoms with Crippen molar-refractivity contribution < 1.29 is 9.59 Å². The summed E-state index contributed by atoms with van der Waals surface area (Å²) in [6.07, 6.45) is 3.38. The number of benzene rings is 1. The van der Waals surface area contributed by atoms with Crippen molar-refractivity contribution in [3.8, 4) is 0 Å². The van der Waals surface area contributed by atoms with Gasteiger partial charge in [-0.15, -0.1) is 0 Å². The molecule has 0 radical (unpaired) electrons. The van der Waals surface area contributed by atoms with Gasteiger partial charge in [-0.1, -0.05) is 31.0 Å². The van der Waals surface area contributed by atoms with Crippen LogP contribution in [0.15, 0.2) is 24.4 Å². The van der Waals surface area contributed by atoms with Crippen molar-refractivity contribution >= 4 is 34.2 Å². The minimum Gasteiger partial charge on any atom is -0.360 e. The van der Waals surface area contributed by atoms with Crippen LogP contribution in [0.5, 0.6) is 0 Å². The number of carbonyl (C=O) groups is 2. The normalized spacial score (nSPS) is 10.6. The zero-order valence-electron chi connectivity index (χ0n) is 10.6. The van der Waals surface area contributed by atoms with Crippen molar-refractivity contribution in [1.29, 1.82) is 0 Å². The van der Waals surface area contributed by atoms with Crippen molar-refractivity contribution in [1.82, 2.24) is 10.3 Å². The fraction of sp³-hybridized carbons (Fsp3) is 0.286. The summed E-state index contributed by atoms with van der Waals surface area (Å²) in [5.74, 6) is -1.09. The Morgan fingerprint density at radius 1 is 1.37 bits per heavy atom. The average molecular weight is 279 g/mol. The third-order valence-electron chi connectivity index (χ3n) is 2.91. The summed E-state index contributed by atoms with van der Waals surface area (Å²) in [6.45, 7) is 2.55. The van der Waals surface area contributed by atoms with Crippen molar-refractivity contribution in [2.45, 2.75) is 19.8 Å². The maximum absolute atomic E-state index is 12.0. The molecule has 0 aliphatic carbocycles. The lowest BCUT2D eigenvalue weighted by Gasteiger charge is -2.02. The van der Waals surface area contributed by atoms with Gasteiger partial charge in [0.15, 0.2) is 0 Å². The van der Waals surface area contributed by atoms with Crippen LogP contribution in [0.3, 0.4) is 0 Å². The lowest BCUT2D eigenvalue weighted by molar-refractivity contribution is -0.117. The van der Waals surface area contributed by atoms with E-state index in [9.17, 15) is 9.59 Å². The van der Waals surface area contributed by atoms with Crippen LogP contribution in [0.4, 0.5) is 0 Å². The number of carbonyl (C=O) groups excluding carboxylic acids is 2. The Hall–Kier alpha value is -1.81. The van der Waals surface area contributed by atoms with Gasteiger partial charge >= 0.3 is 0 Å². The number of Topliss-reactive ketones (excluding diaryl/α,β-unsaturated/α-hetero) is 1. The molecule has 0 saturated carbocycles. The first kappa shape index (κ1) is 13.6. The molecule has 1 aromatic heterocycles. The number of unbranched alkanes of at least 4 members (excludes halogenated alkanes) is 1. The molecule has 0 fully saturated rings. The van der Waals surface area contributed by atoms with Crippen LogP contribution in [0.1, 0.15) is 30.1 Å². The summed E-state index contributed by atoms with van der Waals surface area (Å²) in [4.78, 5) is 26.7. The first-order valence-electron chi connectivity index (χ1n) is 6.22. The van der Waals surface area contributed by atoms with Crippen molar-refractivity contribution in [2.24, 2.45) is 0 Å². The Morgan fingerprint density at radius 2 is 2.16 bits per heavy atom. The van der Waals surface area contributed by atoms with Gasteiger partial charge in [-0.25, -0.2) is 0 Å². The van der Waals surface area contributed by atoms with Gasteiger partial charge in [-0.3, -0.25) is 9.59 Å². The first-order valence-corrected chi connectivity index (χ1v) is 6.60. The number of H-pyrrole nitrogens is 1. The number of hydrogen-bond donors (Lipinski definition) is 2. The molecule has 100 valence electrons. The van der Waals surface area contributed by atoms with Gasteiger partial charge in [0.05, 0.1) is 5.56 Å². The number of halogens is 1. The number of hydrogen-bond acceptors (Lipinski definition) is 2. The number of ketones is 1. The highest BCUT2D eigenvalue weighted by molar-refractivity contribution is 6.45. The standard InChI is InChI=1S/C14H15ClN2O2/c1-2-3-6-16-14(19)13(18)11-8-17-12-7-9(15)4-5-10(11)12/h4-5,7-8,17H,2-3,6H2,1H3,(H,16,19). The molecule has 19 heavy (non-hydrogen) atoms. The largest absolute Gasteiger partial charge is 0.360 e. The van der Waals surface area contributed by atoms with Crippen LogP contribution in [0.2, 0.25) is 5.02 Å². The highest BCUT2D eigenvalue weighted by atomic mass is 35.5. The van der Waals surface area contributed by atoms with Gasteiger partial charge in [-0.2, -0.15) is 0 Å². The molecular weight excluding hydrogens is 264 g/mol. The van der Waals surface area contributed by atoms with E-state index >= 15 is 0 Å². The fourth-order valence-corrected chi connectivity index (χ4v) is 2.04. The topological polar surface area (TPSA) is 62.0 Å². The van der Waals surface area contributed by atoms with Crippen LogP contribution in [-0.4, -0.2) is 23.2 Å². The summed E-state index contributed by atoms with van der Waals surface area (Å²) < 4.78 is 0. The summed E-state index contributed by atoms with van der Waals surface area (Å²) in [7, 11) is 0. The number of fused-ring (bicyclic) bond motifs is 1. The van der Waals surface area contributed by atoms with Gasteiger partial charge in [-0.05, 0) is 18.6 Å². The van der Waals surface area contributed by atoms with Gasteiger partial charge in [0.2, 0.25) is 0 Å². The minimum absolute atomic E-state index is 0.376. The lowest BCUT2D eigenvalue weighted by Crippen LogP contribution is -2.31. The molecule has 1 heterocycles. The molecule has 2 N–H and O–H groups in total. The van der Waals surface area contributed by atoms with E-state index in [2.05, 4.69) is 10.3 Å². The maximum Gasteiger partial charge on any atom is 0.292 e. The second-order valence-electron chi connectivity index (χ2n) is 4.33. The van der Waals surface area contributed by atoms with E-state index in [-0.39, 0.29) is 0 Å². The zero-order chi connectivity index (χ0) is 13.8. The molecule has 0 unspecified atom stereocenters. The van der Waals surface area contributed by atoms with E-state index in [1.165, 1.54) is 0 Å². The highest BCUT2D eigenvalue weighted by Crippen LogP contribution is 2.22. The lowest BCUT2D eigenvalue weighted by atomic mass is 10.1. The molecular formula is C14H15ClN2O2. The molecule has 0 atom stereocenters. The van der Waals surface area contributed by atoms with E-state index in [0.29, 0.717) is 22.5 Å². The van der Waals surface area contributed by atoms with Gasteiger partial charge in [0, 0.05) is 28.7 Å². The SMILES string of the molecule is CCCCNC(=O)C(=O)c1c[nH]c2cc(Cl)ccc12. The molecule has 2 rings (SSSR count). The number of nitrogens with one attached hydrogen (secondary N) is 2. The smallest absolute Gasteiger partial charge is 0.292 e. The fourth-order valence-electron chi connectivity index (χ4n) is 1.87. The number of amides is 1. The predicted octanol–water partition coefficient (Wildman–Crippen LogP) is 2.92. The molecule has 5 heteroatoms. The Morgan fingerprint density at radius 3 is 2.89 bits per heavy atom. The van der Waals surface area contributed by atoms with Crippen LogP contribution in [0.25, 0.3) is 10.9 Å². The Kier molecular flexibility index (Phi) is 4.22. The first-order chi connectivity index (χ1) is 9.13. The second-order valence-corrected chi connectivity index (χ2v) is 4.77. The molecule has 2 aromatic rings. The van der Waals surface area contributed by atoms with Crippen LogP contribution in [0, 0.1) is 0 Å². The molecule has 0 aliphatic rings. The van der Waals surface area contributed by atoms with E-state index in [4.69, 9.17) is 11.6 Å². The summed E-state index contributed by atoms with van der Waals surface area (Å²) in [5.41, 5.74) is 1.12. The molecule has 0 spiro atoms. The van der Waals surface area contributed by atoms with Crippen LogP contribution in [-0.2, 0) is 4.79 Å². The second kappa shape index (κ2) is 5.89. The molecule has 0 saturated heterocycles. The summed E-state index contributed by atoms with van der Waals surface area (Å²) in [5, 5.41) is 3.91. The van der Waals surface area contributed by atoms with E-state index in [0.717, 1.165) is 18.4 Å². The van der Waals surface area contributed by atoms with E-state index in [1.807, 2.05) is 6.92 Å². The number of aromatic nitrogens is 1. The summed E-state index contributed by atoms with van der Waals surface area (Å²) >= 11 is 5.87. The summed E-state index contributed by atoms with van der Waals surface area (Å²) in [6, 6.07) is 5.16. The van der Waals surface area contributed by atoms with Gasteiger partial charge in [0.25, 0.3) is 11.7 Å². The van der Waals surface area contributed by atoms with Gasteiger partial charge < -0.3 is 10.3 Å². The Labute approximate surface area is 116 Å². The number of rotatable bonds is 5. The Balaban J connectivity index is 2.19. The molecule has 1 amide bonds. The highest BCUT2D eigenvalue weighted by Gasteiger charge is 2.19. The quantitative estimate of drug-likeness (QED) is 0.502. The van der Waals surface area contributed by atoms with Crippen molar-refractivity contribution in [2.75, 3.05) is 6.54 Å². The zero-order valence-corrected chi connectivity index (χ0v) is 11.4. The molecule has 4 nitrogen and oxygen atoms in total. The van der Waals surface area contributed by atoms with E-state index in [1.54, 1.807) is 24.4 Å². The minimum atomic E-state index is -0.565. The van der Waals surface area contributed by atoms with Crippen molar-refractivity contribution in [3.63, 3.8) is 0 Å². The third kappa shape index (κ3) is 2.96. The molecule has 1 aromatic carbocycles. The van der Waals surface area contributed by atoms with Crippen molar-refractivity contribution in [3.05, 3.63) is 35.0 Å². The number of aromatic amines is 1. The van der Waals surface area contributed by atoms with E-state index < -0.39 is 11.7 Å².